The second-order valence-electron chi connectivity index (χ2n) is 3.11. The average Bonchev–Trinajstić information content (AvgIpc) is 2.15. The number of nitro groups is 1. The van der Waals surface area contributed by atoms with Crippen molar-refractivity contribution < 1.29 is 18.1 Å². The number of amides is 1. The third-order valence-corrected chi connectivity index (χ3v) is 2.91. The van der Waals surface area contributed by atoms with Gasteiger partial charge in [0.1, 0.15) is 0 Å². The molecular formula is C8H8N2O5S. The Morgan fingerprint density at radius 1 is 1.38 bits per heavy atom. The van der Waals surface area contributed by atoms with Crippen LogP contribution in [0.2, 0.25) is 0 Å². The Labute approximate surface area is 90.9 Å². The van der Waals surface area contributed by atoms with Gasteiger partial charge in [0.25, 0.3) is 5.69 Å². The Balaban J connectivity index is 3.54. The molecule has 2 N–H and O–H groups in total. The zero-order chi connectivity index (χ0) is 12.5. The number of sulfone groups is 1. The van der Waals surface area contributed by atoms with Gasteiger partial charge >= 0.3 is 0 Å². The highest BCUT2D eigenvalue weighted by Gasteiger charge is 2.17. The first-order valence-corrected chi connectivity index (χ1v) is 5.90. The lowest BCUT2D eigenvalue weighted by atomic mass is 10.2. The fraction of sp³-hybridized carbons (Fsp3) is 0.125. The molecule has 8 heteroatoms. The van der Waals surface area contributed by atoms with Gasteiger partial charge in [-0.15, -0.1) is 0 Å². The fourth-order valence-electron chi connectivity index (χ4n) is 1.05. The van der Waals surface area contributed by atoms with Crippen LogP contribution in [-0.4, -0.2) is 25.5 Å². The molecule has 0 atom stereocenters. The van der Waals surface area contributed by atoms with E-state index in [0.29, 0.717) is 0 Å². The van der Waals surface area contributed by atoms with Crippen LogP contribution in [0.25, 0.3) is 0 Å². The Kier molecular flexibility index (Phi) is 2.95. The Morgan fingerprint density at radius 2 is 1.94 bits per heavy atom. The van der Waals surface area contributed by atoms with Gasteiger partial charge in [0, 0.05) is 24.0 Å². The van der Waals surface area contributed by atoms with Gasteiger partial charge in [0.15, 0.2) is 9.84 Å². The number of rotatable bonds is 3. The number of carbonyl (C=O) groups is 1. The second kappa shape index (κ2) is 3.89. The van der Waals surface area contributed by atoms with Crippen LogP contribution in [0.1, 0.15) is 10.4 Å². The van der Waals surface area contributed by atoms with E-state index in [1.165, 1.54) is 0 Å². The van der Waals surface area contributed by atoms with Gasteiger partial charge in [-0.3, -0.25) is 14.9 Å². The SMILES string of the molecule is CS(=O)(=O)c1cc(C(N)=O)cc([N+](=O)[O-])c1. The molecule has 0 spiro atoms. The highest BCUT2D eigenvalue weighted by Crippen LogP contribution is 2.20. The zero-order valence-corrected chi connectivity index (χ0v) is 9.02. The van der Waals surface area contributed by atoms with Crippen molar-refractivity contribution in [2.45, 2.75) is 4.90 Å². The number of hydrogen-bond acceptors (Lipinski definition) is 5. The predicted octanol–water partition coefficient (Wildman–Crippen LogP) is 0.0972. The number of primary amides is 1. The number of carbonyl (C=O) groups excluding carboxylic acids is 1. The van der Waals surface area contributed by atoms with Crippen LogP contribution in [-0.2, 0) is 9.84 Å². The smallest absolute Gasteiger partial charge is 0.271 e. The minimum absolute atomic E-state index is 0.213. The van der Waals surface area contributed by atoms with Gasteiger partial charge in [-0.2, -0.15) is 0 Å². The Morgan fingerprint density at radius 3 is 2.31 bits per heavy atom. The zero-order valence-electron chi connectivity index (χ0n) is 8.21. The van der Waals surface area contributed by atoms with E-state index >= 15 is 0 Å². The lowest BCUT2D eigenvalue weighted by Gasteiger charge is -2.01. The number of non-ortho nitro benzene ring substituents is 1. The van der Waals surface area contributed by atoms with Crippen molar-refractivity contribution in [3.05, 3.63) is 33.9 Å². The molecule has 0 aliphatic carbocycles. The molecule has 1 aromatic rings. The maximum atomic E-state index is 11.2. The topological polar surface area (TPSA) is 120 Å². The van der Waals surface area contributed by atoms with Gasteiger partial charge in [0.05, 0.1) is 9.82 Å². The van der Waals surface area contributed by atoms with Crippen LogP contribution in [0.15, 0.2) is 23.1 Å². The predicted molar refractivity (Wildman–Crippen MR) is 54.7 cm³/mol. The highest BCUT2D eigenvalue weighted by molar-refractivity contribution is 7.90. The highest BCUT2D eigenvalue weighted by atomic mass is 32.2. The molecule has 86 valence electrons. The van der Waals surface area contributed by atoms with Crippen molar-refractivity contribution in [2.75, 3.05) is 6.26 Å². The molecule has 0 radical (unpaired) electrons. The quantitative estimate of drug-likeness (QED) is 0.597. The van der Waals surface area contributed by atoms with Crippen molar-refractivity contribution in [3.63, 3.8) is 0 Å². The normalized spacial score (nSPS) is 11.1. The van der Waals surface area contributed by atoms with E-state index in [1.807, 2.05) is 0 Å². The van der Waals surface area contributed by atoms with E-state index in [-0.39, 0.29) is 10.5 Å². The van der Waals surface area contributed by atoms with Gasteiger partial charge in [-0.05, 0) is 6.07 Å². The van der Waals surface area contributed by atoms with Gasteiger partial charge in [-0.1, -0.05) is 0 Å². The lowest BCUT2D eigenvalue weighted by molar-refractivity contribution is -0.385. The minimum atomic E-state index is -3.63. The number of nitrogens with two attached hydrogens (primary N) is 1. The van der Waals surface area contributed by atoms with Crippen molar-refractivity contribution in [1.82, 2.24) is 0 Å². The molecule has 1 amide bonds. The van der Waals surface area contributed by atoms with E-state index in [2.05, 4.69) is 0 Å². The Bertz CT molecular complexity index is 532. The standard InChI is InChI=1S/C8H8N2O5S/c1-16(14,15)7-3-5(8(9)11)2-6(4-7)10(12)13/h2-4H,1H3,(H2,9,11). The maximum Gasteiger partial charge on any atom is 0.271 e. The lowest BCUT2D eigenvalue weighted by Crippen LogP contribution is -2.12. The molecule has 0 saturated carbocycles. The van der Waals surface area contributed by atoms with Gasteiger partial charge in [0.2, 0.25) is 5.91 Å². The fourth-order valence-corrected chi connectivity index (χ4v) is 1.72. The summed E-state index contributed by atoms with van der Waals surface area (Å²) < 4.78 is 22.4. The van der Waals surface area contributed by atoms with Crippen molar-refractivity contribution in [2.24, 2.45) is 5.73 Å². The summed E-state index contributed by atoms with van der Waals surface area (Å²) in [6, 6.07) is 2.81. The number of nitro benzene ring substituents is 1. The monoisotopic (exact) mass is 244 g/mol. The van der Waals surface area contributed by atoms with Crippen LogP contribution in [0.3, 0.4) is 0 Å². The maximum absolute atomic E-state index is 11.2. The minimum Gasteiger partial charge on any atom is -0.366 e. The summed E-state index contributed by atoms with van der Waals surface area (Å²) in [6.45, 7) is 0. The molecule has 7 nitrogen and oxygen atoms in total. The van der Waals surface area contributed by atoms with Gasteiger partial charge < -0.3 is 5.73 Å². The molecule has 0 aromatic heterocycles. The molecule has 0 saturated heterocycles. The summed E-state index contributed by atoms with van der Waals surface area (Å²) in [4.78, 5) is 20.3. The van der Waals surface area contributed by atoms with E-state index in [4.69, 9.17) is 5.73 Å². The summed E-state index contributed by atoms with van der Waals surface area (Å²) in [5.41, 5.74) is 4.24. The third-order valence-electron chi connectivity index (χ3n) is 1.81. The third kappa shape index (κ3) is 2.54. The summed E-state index contributed by atoms with van der Waals surface area (Å²) in [5.74, 6) is -0.923. The van der Waals surface area contributed by atoms with E-state index in [9.17, 15) is 23.3 Å². The molecule has 0 bridgehead atoms. The van der Waals surface area contributed by atoms with Gasteiger partial charge in [-0.25, -0.2) is 8.42 Å². The molecule has 0 aliphatic rings. The van der Waals surface area contributed by atoms with Crippen molar-refractivity contribution in [1.29, 1.82) is 0 Å². The van der Waals surface area contributed by atoms with Crippen molar-refractivity contribution >= 4 is 21.4 Å². The summed E-state index contributed by atoms with van der Waals surface area (Å²) in [5, 5.41) is 10.5. The van der Waals surface area contributed by atoms with Crippen LogP contribution in [0, 0.1) is 10.1 Å². The summed E-state index contributed by atoms with van der Waals surface area (Å²) in [6.07, 6.45) is 0.886. The first-order chi connectivity index (χ1) is 7.21. The number of benzene rings is 1. The molecule has 0 fully saturated rings. The molecule has 0 heterocycles. The largest absolute Gasteiger partial charge is 0.366 e. The van der Waals surface area contributed by atoms with Crippen LogP contribution >= 0.6 is 0 Å². The first-order valence-electron chi connectivity index (χ1n) is 4.01. The average molecular weight is 244 g/mol. The van der Waals surface area contributed by atoms with Crippen LogP contribution in [0.5, 0.6) is 0 Å². The van der Waals surface area contributed by atoms with E-state index < -0.39 is 26.4 Å². The van der Waals surface area contributed by atoms with Crippen LogP contribution in [0.4, 0.5) is 5.69 Å². The van der Waals surface area contributed by atoms with Crippen LogP contribution < -0.4 is 5.73 Å². The molecule has 0 aliphatic heterocycles. The molecular weight excluding hydrogens is 236 g/mol. The van der Waals surface area contributed by atoms with E-state index in [1.54, 1.807) is 0 Å². The molecule has 16 heavy (non-hydrogen) atoms. The van der Waals surface area contributed by atoms with E-state index in [0.717, 1.165) is 24.5 Å². The van der Waals surface area contributed by atoms with Crippen molar-refractivity contribution in [3.8, 4) is 0 Å². The summed E-state index contributed by atoms with van der Waals surface area (Å²) >= 11 is 0. The molecule has 1 aromatic carbocycles. The molecule has 0 unspecified atom stereocenters. The molecule has 1 rings (SSSR count). The first kappa shape index (κ1) is 12.1. The summed E-state index contributed by atoms with van der Waals surface area (Å²) in [7, 11) is -3.63. The number of nitrogens with zero attached hydrogens (tertiary/aromatic N) is 1. The Hall–Kier alpha value is -1.96. The second-order valence-corrected chi connectivity index (χ2v) is 5.12. The number of hydrogen-bond donors (Lipinski definition) is 1.